The summed E-state index contributed by atoms with van der Waals surface area (Å²) < 4.78 is 0. The molecule has 1 aliphatic heterocycles. The van der Waals surface area contributed by atoms with Gasteiger partial charge in [0, 0.05) is 44.1 Å². The van der Waals surface area contributed by atoms with Crippen LogP contribution in [0.25, 0.3) is 5.70 Å². The van der Waals surface area contributed by atoms with Crippen molar-refractivity contribution in [2.24, 2.45) is 0 Å². The number of nitrogens with zero attached hydrogens (tertiary/aromatic N) is 3. The van der Waals surface area contributed by atoms with Crippen molar-refractivity contribution >= 4 is 11.6 Å². The molecule has 1 saturated heterocycles. The third-order valence-electron chi connectivity index (χ3n) is 2.52. The highest BCUT2D eigenvalue weighted by Gasteiger charge is 2.12. The zero-order valence-corrected chi connectivity index (χ0v) is 8.98. The minimum absolute atomic E-state index is 0.395. The van der Waals surface area contributed by atoms with Gasteiger partial charge in [-0.3, -0.25) is 10.7 Å². The predicted octanol–water partition coefficient (Wildman–Crippen LogP) is -0.164. The van der Waals surface area contributed by atoms with Gasteiger partial charge < -0.3 is 10.2 Å². The van der Waals surface area contributed by atoms with E-state index in [1.165, 1.54) is 0 Å². The van der Waals surface area contributed by atoms with E-state index in [9.17, 15) is 0 Å². The quantitative estimate of drug-likeness (QED) is 0.616. The number of aromatic nitrogens is 2. The number of nitrogens with one attached hydrogen (secondary N) is 2. The van der Waals surface area contributed by atoms with Crippen molar-refractivity contribution in [1.29, 1.82) is 0 Å². The topological polar surface area (TPSA) is 73.3 Å². The second kappa shape index (κ2) is 4.91. The Morgan fingerprint density at radius 1 is 1.38 bits per heavy atom. The molecule has 0 saturated carbocycles. The van der Waals surface area contributed by atoms with Gasteiger partial charge in [-0.2, -0.15) is 0 Å². The standard InChI is InChI=1S/C10H15N5O/c1-8(14-16)9-6-12-10(13-7-9)15-4-2-11-3-5-15/h6-7,11,14,16H,1-5H2. The van der Waals surface area contributed by atoms with Gasteiger partial charge in [-0.25, -0.2) is 9.97 Å². The molecule has 1 aromatic heterocycles. The molecule has 0 atom stereocenters. The van der Waals surface area contributed by atoms with Crippen LogP contribution in [-0.4, -0.2) is 41.4 Å². The van der Waals surface area contributed by atoms with Crippen LogP contribution in [-0.2, 0) is 0 Å². The summed E-state index contributed by atoms with van der Waals surface area (Å²) >= 11 is 0. The third-order valence-corrected chi connectivity index (χ3v) is 2.52. The summed E-state index contributed by atoms with van der Waals surface area (Å²) in [4.78, 5) is 10.6. The number of piperazine rings is 1. The van der Waals surface area contributed by atoms with Crippen LogP contribution >= 0.6 is 0 Å². The molecule has 0 bridgehead atoms. The summed E-state index contributed by atoms with van der Waals surface area (Å²) in [6.07, 6.45) is 3.30. The molecule has 0 aliphatic carbocycles. The Balaban J connectivity index is 2.09. The summed E-state index contributed by atoms with van der Waals surface area (Å²) in [5, 5.41) is 12.0. The van der Waals surface area contributed by atoms with Gasteiger partial charge in [0.2, 0.25) is 5.95 Å². The number of hydrogen-bond donors (Lipinski definition) is 3. The summed E-state index contributed by atoms with van der Waals surface area (Å²) in [6.45, 7) is 7.36. The van der Waals surface area contributed by atoms with Crippen LogP contribution < -0.4 is 15.7 Å². The maximum Gasteiger partial charge on any atom is 0.225 e. The van der Waals surface area contributed by atoms with Gasteiger partial charge >= 0.3 is 0 Å². The van der Waals surface area contributed by atoms with Crippen LogP contribution in [0.5, 0.6) is 0 Å². The van der Waals surface area contributed by atoms with Gasteiger partial charge in [0.05, 0.1) is 5.70 Å². The first-order valence-electron chi connectivity index (χ1n) is 5.18. The van der Waals surface area contributed by atoms with Gasteiger partial charge in [-0.1, -0.05) is 6.58 Å². The van der Waals surface area contributed by atoms with E-state index in [0.29, 0.717) is 11.3 Å². The molecule has 6 nitrogen and oxygen atoms in total. The smallest absolute Gasteiger partial charge is 0.225 e. The van der Waals surface area contributed by atoms with Crippen molar-refractivity contribution in [2.75, 3.05) is 31.1 Å². The predicted molar refractivity (Wildman–Crippen MR) is 61.1 cm³/mol. The summed E-state index contributed by atoms with van der Waals surface area (Å²) in [7, 11) is 0. The second-order valence-corrected chi connectivity index (χ2v) is 3.60. The first kappa shape index (κ1) is 10.8. The molecule has 1 aromatic rings. The molecule has 1 fully saturated rings. The normalized spacial score (nSPS) is 15.9. The summed E-state index contributed by atoms with van der Waals surface area (Å²) in [5.41, 5.74) is 3.06. The van der Waals surface area contributed by atoms with Gasteiger partial charge in [0.25, 0.3) is 0 Å². The minimum atomic E-state index is 0.395. The van der Waals surface area contributed by atoms with Crippen LogP contribution in [0.15, 0.2) is 19.0 Å². The van der Waals surface area contributed by atoms with E-state index in [-0.39, 0.29) is 0 Å². The van der Waals surface area contributed by atoms with E-state index < -0.39 is 0 Å². The Bertz CT molecular complexity index is 358. The van der Waals surface area contributed by atoms with Crippen LogP contribution in [0.4, 0.5) is 5.95 Å². The molecule has 0 amide bonds. The molecule has 16 heavy (non-hydrogen) atoms. The van der Waals surface area contributed by atoms with Crippen molar-refractivity contribution in [3.8, 4) is 0 Å². The van der Waals surface area contributed by atoms with E-state index in [1.54, 1.807) is 12.4 Å². The van der Waals surface area contributed by atoms with Crippen molar-refractivity contribution in [3.05, 3.63) is 24.5 Å². The highest BCUT2D eigenvalue weighted by atomic mass is 16.5. The number of hydroxylamine groups is 1. The Morgan fingerprint density at radius 3 is 2.56 bits per heavy atom. The fraction of sp³-hybridized carbons (Fsp3) is 0.400. The third kappa shape index (κ3) is 2.29. The maximum atomic E-state index is 8.68. The van der Waals surface area contributed by atoms with Gasteiger partial charge in [-0.05, 0) is 0 Å². The molecule has 6 heteroatoms. The van der Waals surface area contributed by atoms with Crippen LogP contribution in [0.1, 0.15) is 5.56 Å². The van der Waals surface area contributed by atoms with Crippen molar-refractivity contribution < 1.29 is 5.21 Å². The molecule has 0 unspecified atom stereocenters. The average molecular weight is 221 g/mol. The monoisotopic (exact) mass is 221 g/mol. The molecule has 0 aromatic carbocycles. The first-order valence-corrected chi connectivity index (χ1v) is 5.18. The number of hydrogen-bond acceptors (Lipinski definition) is 6. The molecule has 2 rings (SSSR count). The van der Waals surface area contributed by atoms with Crippen LogP contribution in [0.3, 0.4) is 0 Å². The molecule has 2 heterocycles. The van der Waals surface area contributed by atoms with Gasteiger partial charge in [-0.15, -0.1) is 0 Å². The SMILES string of the molecule is C=C(NO)c1cnc(N2CCNCC2)nc1. The molecule has 0 spiro atoms. The first-order chi connectivity index (χ1) is 7.81. The lowest BCUT2D eigenvalue weighted by molar-refractivity contribution is 0.225. The Hall–Kier alpha value is -1.66. The van der Waals surface area contributed by atoms with E-state index in [2.05, 4.69) is 26.8 Å². The van der Waals surface area contributed by atoms with Crippen molar-refractivity contribution in [3.63, 3.8) is 0 Å². The number of rotatable bonds is 3. The zero-order chi connectivity index (χ0) is 11.4. The maximum absolute atomic E-state index is 8.68. The van der Waals surface area contributed by atoms with E-state index in [0.717, 1.165) is 32.1 Å². The van der Waals surface area contributed by atoms with Gasteiger partial charge in [0.15, 0.2) is 0 Å². The van der Waals surface area contributed by atoms with E-state index in [4.69, 9.17) is 5.21 Å². The van der Waals surface area contributed by atoms with Gasteiger partial charge in [0.1, 0.15) is 0 Å². The fourth-order valence-electron chi connectivity index (χ4n) is 1.57. The summed E-state index contributed by atoms with van der Waals surface area (Å²) in [6, 6.07) is 0. The lowest BCUT2D eigenvalue weighted by Gasteiger charge is -2.27. The lowest BCUT2D eigenvalue weighted by atomic mass is 10.3. The van der Waals surface area contributed by atoms with Crippen molar-refractivity contribution in [2.45, 2.75) is 0 Å². The van der Waals surface area contributed by atoms with Crippen molar-refractivity contribution in [1.82, 2.24) is 20.8 Å². The molecule has 86 valence electrons. The molecular weight excluding hydrogens is 206 g/mol. The largest absolute Gasteiger partial charge is 0.338 e. The Morgan fingerprint density at radius 2 is 2.00 bits per heavy atom. The lowest BCUT2D eigenvalue weighted by Crippen LogP contribution is -2.44. The average Bonchev–Trinajstić information content (AvgIpc) is 2.39. The Labute approximate surface area is 94.0 Å². The fourth-order valence-corrected chi connectivity index (χ4v) is 1.57. The van der Waals surface area contributed by atoms with E-state index in [1.807, 2.05) is 5.48 Å². The molecule has 1 aliphatic rings. The second-order valence-electron chi connectivity index (χ2n) is 3.60. The molecule has 3 N–H and O–H groups in total. The Kier molecular flexibility index (Phi) is 3.33. The van der Waals surface area contributed by atoms with Crippen LogP contribution in [0.2, 0.25) is 0 Å². The summed E-state index contributed by atoms with van der Waals surface area (Å²) in [5.74, 6) is 0.719. The molecule has 0 radical (unpaired) electrons. The zero-order valence-electron chi connectivity index (χ0n) is 8.98. The highest BCUT2D eigenvalue weighted by Crippen LogP contribution is 2.11. The minimum Gasteiger partial charge on any atom is -0.338 e. The number of anilines is 1. The highest BCUT2D eigenvalue weighted by molar-refractivity contribution is 5.59. The van der Waals surface area contributed by atoms with E-state index >= 15 is 0 Å². The van der Waals surface area contributed by atoms with Crippen LogP contribution in [0, 0.1) is 0 Å². The molecular formula is C10H15N5O.